The van der Waals surface area contributed by atoms with Crippen molar-refractivity contribution >= 4 is 27.5 Å². The van der Waals surface area contributed by atoms with Crippen molar-refractivity contribution in [1.82, 2.24) is 5.32 Å². The van der Waals surface area contributed by atoms with Crippen LogP contribution in [0.2, 0.25) is 5.02 Å². The van der Waals surface area contributed by atoms with Crippen molar-refractivity contribution < 1.29 is 4.74 Å². The zero-order valence-electron chi connectivity index (χ0n) is 11.1. The molecule has 1 aromatic carbocycles. The Morgan fingerprint density at radius 2 is 2.32 bits per heavy atom. The Labute approximate surface area is 128 Å². The molecule has 1 aromatic rings. The van der Waals surface area contributed by atoms with Crippen LogP contribution in [0, 0.1) is 0 Å². The molecule has 1 aliphatic rings. The van der Waals surface area contributed by atoms with E-state index in [-0.39, 0.29) is 6.04 Å². The second-order valence-electron chi connectivity index (χ2n) is 4.73. The van der Waals surface area contributed by atoms with Gasteiger partial charge in [-0.05, 0) is 65.0 Å². The number of hydrogen-bond donors (Lipinski definition) is 1. The lowest BCUT2D eigenvalue weighted by molar-refractivity contribution is 0.219. The SMILES string of the molecule is CCCNC(C1=COCCC1)c1ccc(Cl)c(Br)c1. The Bertz CT molecular complexity index is 461. The molecule has 2 rings (SSSR count). The smallest absolute Gasteiger partial charge is 0.0876 e. The van der Waals surface area contributed by atoms with E-state index in [0.717, 1.165) is 41.9 Å². The highest BCUT2D eigenvalue weighted by molar-refractivity contribution is 9.10. The predicted octanol–water partition coefficient (Wildman–Crippen LogP) is 4.84. The lowest BCUT2D eigenvalue weighted by atomic mass is 9.95. The summed E-state index contributed by atoms with van der Waals surface area (Å²) in [5.74, 6) is 0. The molecule has 0 saturated carbocycles. The summed E-state index contributed by atoms with van der Waals surface area (Å²) in [7, 11) is 0. The minimum absolute atomic E-state index is 0.216. The fourth-order valence-corrected chi connectivity index (χ4v) is 2.75. The average molecular weight is 345 g/mol. The molecule has 0 aliphatic carbocycles. The average Bonchev–Trinajstić information content (AvgIpc) is 2.44. The van der Waals surface area contributed by atoms with Crippen LogP contribution >= 0.6 is 27.5 Å². The lowest BCUT2D eigenvalue weighted by Gasteiger charge is -2.25. The van der Waals surface area contributed by atoms with E-state index in [0.29, 0.717) is 0 Å². The first-order valence-corrected chi connectivity index (χ1v) is 7.88. The molecule has 0 aromatic heterocycles. The molecule has 1 aliphatic heterocycles. The highest BCUT2D eigenvalue weighted by Crippen LogP contribution is 2.31. The first-order valence-electron chi connectivity index (χ1n) is 6.71. The van der Waals surface area contributed by atoms with Crippen LogP contribution in [0.15, 0.2) is 34.5 Å². The minimum atomic E-state index is 0.216. The van der Waals surface area contributed by atoms with Gasteiger partial charge >= 0.3 is 0 Å². The summed E-state index contributed by atoms with van der Waals surface area (Å²) >= 11 is 9.56. The van der Waals surface area contributed by atoms with Gasteiger partial charge in [0.15, 0.2) is 0 Å². The molecule has 0 amide bonds. The van der Waals surface area contributed by atoms with E-state index < -0.39 is 0 Å². The highest BCUT2D eigenvalue weighted by atomic mass is 79.9. The van der Waals surface area contributed by atoms with Gasteiger partial charge < -0.3 is 10.1 Å². The second-order valence-corrected chi connectivity index (χ2v) is 5.99. The van der Waals surface area contributed by atoms with Crippen LogP contribution in [0.5, 0.6) is 0 Å². The monoisotopic (exact) mass is 343 g/mol. The third-order valence-electron chi connectivity index (χ3n) is 3.21. The summed E-state index contributed by atoms with van der Waals surface area (Å²) in [6, 6.07) is 6.32. The molecule has 0 spiro atoms. The fraction of sp³-hybridized carbons (Fsp3) is 0.467. The maximum absolute atomic E-state index is 6.07. The number of benzene rings is 1. The van der Waals surface area contributed by atoms with Crippen LogP contribution in [-0.4, -0.2) is 13.2 Å². The van der Waals surface area contributed by atoms with Crippen molar-refractivity contribution in [2.75, 3.05) is 13.2 Å². The molecule has 1 heterocycles. The first kappa shape index (κ1) is 14.9. The quantitative estimate of drug-likeness (QED) is 0.825. The van der Waals surface area contributed by atoms with E-state index in [1.54, 1.807) is 0 Å². The number of rotatable bonds is 5. The number of halogens is 2. The molecule has 104 valence electrons. The lowest BCUT2D eigenvalue weighted by Crippen LogP contribution is -2.25. The van der Waals surface area contributed by atoms with Gasteiger partial charge in [-0.25, -0.2) is 0 Å². The van der Waals surface area contributed by atoms with Crippen LogP contribution in [0.3, 0.4) is 0 Å². The first-order chi connectivity index (χ1) is 9.22. The Balaban J connectivity index is 2.25. The summed E-state index contributed by atoms with van der Waals surface area (Å²) in [5.41, 5.74) is 2.54. The van der Waals surface area contributed by atoms with Crippen molar-refractivity contribution in [3.63, 3.8) is 0 Å². The molecule has 2 nitrogen and oxygen atoms in total. The van der Waals surface area contributed by atoms with Crippen molar-refractivity contribution in [3.05, 3.63) is 45.1 Å². The topological polar surface area (TPSA) is 21.3 Å². The van der Waals surface area contributed by atoms with Crippen molar-refractivity contribution in [2.24, 2.45) is 0 Å². The van der Waals surface area contributed by atoms with Crippen LogP contribution in [0.1, 0.15) is 37.8 Å². The van der Waals surface area contributed by atoms with E-state index >= 15 is 0 Å². The standard InChI is InChI=1S/C15H19BrClNO/c1-2-7-18-15(12-4-3-8-19-10-12)11-5-6-14(17)13(16)9-11/h5-6,9-10,15,18H,2-4,7-8H2,1H3. The third kappa shape index (κ3) is 3.98. The van der Waals surface area contributed by atoms with Crippen LogP contribution in [0.4, 0.5) is 0 Å². The molecular weight excluding hydrogens is 326 g/mol. The Morgan fingerprint density at radius 3 is 2.95 bits per heavy atom. The fourth-order valence-electron chi connectivity index (χ4n) is 2.24. The van der Waals surface area contributed by atoms with Crippen molar-refractivity contribution in [1.29, 1.82) is 0 Å². The van der Waals surface area contributed by atoms with Crippen LogP contribution in [0.25, 0.3) is 0 Å². The molecule has 4 heteroatoms. The van der Waals surface area contributed by atoms with Gasteiger partial charge in [0.05, 0.1) is 23.9 Å². The minimum Gasteiger partial charge on any atom is -0.501 e. The summed E-state index contributed by atoms with van der Waals surface area (Å²) in [4.78, 5) is 0. The molecule has 1 unspecified atom stereocenters. The molecule has 0 saturated heterocycles. The highest BCUT2D eigenvalue weighted by Gasteiger charge is 2.19. The van der Waals surface area contributed by atoms with Gasteiger partial charge in [-0.15, -0.1) is 0 Å². The van der Waals surface area contributed by atoms with Gasteiger partial charge in [0, 0.05) is 4.47 Å². The van der Waals surface area contributed by atoms with E-state index in [1.807, 2.05) is 12.3 Å². The summed E-state index contributed by atoms with van der Waals surface area (Å²) in [6.07, 6.45) is 5.20. The summed E-state index contributed by atoms with van der Waals surface area (Å²) < 4.78 is 6.42. The maximum Gasteiger partial charge on any atom is 0.0876 e. The van der Waals surface area contributed by atoms with Crippen molar-refractivity contribution in [2.45, 2.75) is 32.2 Å². The van der Waals surface area contributed by atoms with Gasteiger partial charge in [-0.3, -0.25) is 0 Å². The summed E-state index contributed by atoms with van der Waals surface area (Å²) in [6.45, 7) is 3.99. The molecule has 0 radical (unpaired) electrons. The second kappa shape index (κ2) is 7.32. The van der Waals surface area contributed by atoms with E-state index in [9.17, 15) is 0 Å². The molecular formula is C15H19BrClNO. The third-order valence-corrected chi connectivity index (χ3v) is 4.42. The Kier molecular flexibility index (Phi) is 5.74. The van der Waals surface area contributed by atoms with Crippen LogP contribution in [-0.2, 0) is 4.74 Å². The van der Waals surface area contributed by atoms with E-state index in [1.165, 1.54) is 11.1 Å². The molecule has 0 bridgehead atoms. The van der Waals surface area contributed by atoms with E-state index in [4.69, 9.17) is 16.3 Å². The maximum atomic E-state index is 6.07. The van der Waals surface area contributed by atoms with Gasteiger partial charge in [0.25, 0.3) is 0 Å². The van der Waals surface area contributed by atoms with Gasteiger partial charge in [-0.2, -0.15) is 0 Å². The van der Waals surface area contributed by atoms with Crippen molar-refractivity contribution in [3.8, 4) is 0 Å². The number of ether oxygens (including phenoxy) is 1. The van der Waals surface area contributed by atoms with Crippen LogP contribution < -0.4 is 5.32 Å². The zero-order chi connectivity index (χ0) is 13.7. The van der Waals surface area contributed by atoms with Gasteiger partial charge in [-0.1, -0.05) is 24.6 Å². The van der Waals surface area contributed by atoms with E-state index in [2.05, 4.69) is 40.3 Å². The molecule has 1 atom stereocenters. The summed E-state index contributed by atoms with van der Waals surface area (Å²) in [5, 5.41) is 4.33. The predicted molar refractivity (Wildman–Crippen MR) is 83.5 cm³/mol. The Hall–Kier alpha value is -0.510. The number of hydrogen-bond acceptors (Lipinski definition) is 2. The normalized spacial score (nSPS) is 16.7. The molecule has 1 N–H and O–H groups in total. The molecule has 19 heavy (non-hydrogen) atoms. The molecule has 0 fully saturated rings. The Morgan fingerprint density at radius 1 is 1.47 bits per heavy atom. The zero-order valence-corrected chi connectivity index (χ0v) is 13.4. The largest absolute Gasteiger partial charge is 0.501 e. The van der Waals surface area contributed by atoms with Gasteiger partial charge in [0.2, 0.25) is 0 Å². The number of nitrogens with one attached hydrogen (secondary N) is 1. The van der Waals surface area contributed by atoms with Gasteiger partial charge in [0.1, 0.15) is 0 Å².